The molecule has 2 amide bonds. The van der Waals surface area contributed by atoms with Gasteiger partial charge in [-0.2, -0.15) is 8.62 Å². The van der Waals surface area contributed by atoms with Crippen molar-refractivity contribution in [3.63, 3.8) is 0 Å². The molecule has 0 aliphatic carbocycles. The normalized spacial score (nSPS) is 19.7. The Balaban J connectivity index is 1.52. The minimum Gasteiger partial charge on any atom is -0.489 e. The van der Waals surface area contributed by atoms with Crippen molar-refractivity contribution in [1.29, 1.82) is 0 Å². The summed E-state index contributed by atoms with van der Waals surface area (Å²) in [7, 11) is -16.9. The fraction of sp³-hybridized carbons (Fsp3) is 0.548. The average Bonchev–Trinajstić information content (AvgIpc) is 3.47. The third-order valence-corrected chi connectivity index (χ3v) is 11.3. The number of aromatic amines is 1. The van der Waals surface area contributed by atoms with Gasteiger partial charge in [-0.25, -0.2) is 18.5 Å². The van der Waals surface area contributed by atoms with Crippen LogP contribution in [0.25, 0.3) is 0 Å². The predicted molar refractivity (Wildman–Crippen MR) is 204 cm³/mol. The summed E-state index contributed by atoms with van der Waals surface area (Å²) in [5, 5.41) is 5.40. The van der Waals surface area contributed by atoms with Crippen molar-refractivity contribution in [1.82, 2.24) is 20.2 Å². The molecular weight excluding hydrogens is 851 g/mol. The van der Waals surface area contributed by atoms with E-state index in [-0.39, 0.29) is 31.0 Å². The van der Waals surface area contributed by atoms with E-state index in [1.807, 2.05) is 27.7 Å². The summed E-state index contributed by atoms with van der Waals surface area (Å²) in [6.07, 6.45) is -3.16. The van der Waals surface area contributed by atoms with E-state index in [1.165, 1.54) is 6.07 Å². The number of carbonyl (C=O) groups is 2. The van der Waals surface area contributed by atoms with Crippen LogP contribution in [0.1, 0.15) is 62.7 Å². The Morgan fingerprint density at radius 3 is 2.44 bits per heavy atom. The van der Waals surface area contributed by atoms with Gasteiger partial charge in [-0.05, 0) is 52.3 Å². The molecule has 1 aromatic carbocycles. The Morgan fingerprint density at radius 1 is 1.10 bits per heavy atom. The number of carbonyl (C=O) groups excluding carboxylic acids is 2. The zero-order chi connectivity index (χ0) is 44.4. The lowest BCUT2D eigenvalue weighted by molar-refractivity contribution is -0.128. The van der Waals surface area contributed by atoms with E-state index >= 15 is 0 Å². The third-order valence-electron chi connectivity index (χ3n) is 7.47. The maximum Gasteiger partial charge on any atom is 0.490 e. The molecule has 0 saturated carbocycles. The molecule has 0 spiro atoms. The molecule has 2 heterocycles. The number of hydrogen-bond acceptors (Lipinski definition) is 17. The minimum atomic E-state index is -5.79. The average molecular weight is 900 g/mol. The van der Waals surface area contributed by atoms with Crippen LogP contribution in [0.5, 0.6) is 5.75 Å². The second-order valence-corrected chi connectivity index (χ2v) is 18.5. The number of ether oxygens (including phenoxy) is 4. The van der Waals surface area contributed by atoms with Gasteiger partial charge in [-0.1, -0.05) is 17.9 Å². The van der Waals surface area contributed by atoms with Gasteiger partial charge < -0.3 is 66.4 Å². The maximum absolute atomic E-state index is 12.8. The van der Waals surface area contributed by atoms with Crippen LogP contribution in [-0.4, -0.2) is 104 Å². The van der Waals surface area contributed by atoms with Gasteiger partial charge >= 0.3 is 29.2 Å². The fourth-order valence-electron chi connectivity index (χ4n) is 5.61. The highest BCUT2D eigenvalue weighted by molar-refractivity contribution is 7.66. The van der Waals surface area contributed by atoms with Gasteiger partial charge in [0.05, 0.1) is 26.0 Å². The summed E-state index contributed by atoms with van der Waals surface area (Å²) in [5.74, 6) is 4.44. The second-order valence-electron chi connectivity index (χ2n) is 14.1. The van der Waals surface area contributed by atoms with Crippen molar-refractivity contribution in [3.8, 4) is 17.6 Å². The largest absolute Gasteiger partial charge is 0.490 e. The number of H-pyrrole nitrogens is 1. The fourth-order valence-corrected chi connectivity index (χ4v) is 8.64. The number of phosphoric ester groups is 1. The lowest BCUT2D eigenvalue weighted by Crippen LogP contribution is -2.50. The second kappa shape index (κ2) is 20.8. The van der Waals surface area contributed by atoms with Crippen molar-refractivity contribution < 1.29 is 75.0 Å². The molecule has 59 heavy (non-hydrogen) atoms. The van der Waals surface area contributed by atoms with Gasteiger partial charge in [-0.3, -0.25) is 28.5 Å². The molecule has 4 unspecified atom stereocenters. The first kappa shape index (κ1) is 49.7. The van der Waals surface area contributed by atoms with Crippen molar-refractivity contribution in [2.45, 2.75) is 76.3 Å². The number of nitrogens with two attached hydrogens (primary N) is 3. The molecule has 3 rings (SSSR count). The molecule has 1 aromatic heterocycles. The van der Waals surface area contributed by atoms with Crippen LogP contribution in [0, 0.1) is 11.8 Å². The van der Waals surface area contributed by atoms with Gasteiger partial charge in [0.15, 0.2) is 0 Å². The van der Waals surface area contributed by atoms with Crippen LogP contribution in [0.15, 0.2) is 40.1 Å². The summed E-state index contributed by atoms with van der Waals surface area (Å²) in [6.45, 7) is 5.25. The van der Waals surface area contributed by atoms with Crippen LogP contribution < -0.4 is 43.8 Å². The molecule has 0 bridgehead atoms. The summed E-state index contributed by atoms with van der Waals surface area (Å²) in [5.41, 5.74) is 14.7. The van der Waals surface area contributed by atoms with Crippen LogP contribution >= 0.6 is 23.5 Å². The van der Waals surface area contributed by atoms with E-state index < -0.39 is 96.3 Å². The molecule has 1 fully saturated rings. The SMILES string of the molecule is CC(C)(N)CC(C)(C)NC(=O)c1cccc(OCC(N)OCC(=O)NCC#Cc2cn([C@H]3C[C@@H](OCN)C(COP(=O)(O)OP(=O)(O)OP(=O)(O)O)O3)c(=O)[nH]c2=O)c1. The first-order valence-electron chi connectivity index (χ1n) is 17.2. The highest BCUT2D eigenvalue weighted by Gasteiger charge is 2.43. The monoisotopic (exact) mass is 899 g/mol. The topological polar surface area (TPSA) is 388 Å². The van der Waals surface area contributed by atoms with E-state index in [2.05, 4.69) is 40.6 Å². The number of phosphoric acid groups is 3. The highest BCUT2D eigenvalue weighted by Crippen LogP contribution is 2.66. The van der Waals surface area contributed by atoms with Crippen molar-refractivity contribution >= 4 is 35.3 Å². The van der Waals surface area contributed by atoms with E-state index in [9.17, 15) is 42.7 Å². The lowest BCUT2D eigenvalue weighted by atomic mass is 9.87. The Labute approximate surface area is 336 Å². The molecule has 330 valence electrons. The van der Waals surface area contributed by atoms with E-state index in [0.29, 0.717) is 17.7 Å². The van der Waals surface area contributed by atoms with Crippen LogP contribution in [0.4, 0.5) is 0 Å². The number of nitrogens with one attached hydrogen (secondary N) is 3. The predicted octanol–water partition coefficient (Wildman–Crippen LogP) is -1.05. The smallest absolute Gasteiger partial charge is 0.489 e. The molecule has 25 nitrogen and oxygen atoms in total. The van der Waals surface area contributed by atoms with E-state index in [0.717, 1.165) is 10.8 Å². The lowest BCUT2D eigenvalue weighted by Gasteiger charge is -2.33. The Bertz CT molecular complexity index is 2130. The number of hydrogen-bond donors (Lipinski definition) is 10. The molecule has 1 aliphatic rings. The molecule has 0 radical (unpaired) electrons. The summed E-state index contributed by atoms with van der Waals surface area (Å²) >= 11 is 0. The van der Waals surface area contributed by atoms with Crippen molar-refractivity contribution in [2.75, 3.05) is 33.1 Å². The molecule has 1 aliphatic heterocycles. The van der Waals surface area contributed by atoms with Gasteiger partial charge in [0, 0.05) is 29.3 Å². The molecule has 1 saturated heterocycles. The summed E-state index contributed by atoms with van der Waals surface area (Å²) in [4.78, 5) is 88.9. The zero-order valence-corrected chi connectivity index (χ0v) is 34.9. The highest BCUT2D eigenvalue weighted by atomic mass is 31.3. The Morgan fingerprint density at radius 2 is 1.80 bits per heavy atom. The van der Waals surface area contributed by atoms with Crippen molar-refractivity contribution in [2.24, 2.45) is 17.2 Å². The Hall–Kier alpha value is -3.63. The number of benzene rings is 1. The third kappa shape index (κ3) is 17.9. The molecular formula is C31H48N7O18P3. The summed E-state index contributed by atoms with van der Waals surface area (Å²) in [6, 6.07) is 6.41. The minimum absolute atomic E-state index is 0.153. The van der Waals surface area contributed by atoms with Gasteiger partial charge in [0.1, 0.15) is 43.1 Å². The van der Waals surface area contributed by atoms with Crippen LogP contribution in [0.2, 0.25) is 0 Å². The number of amides is 2. The van der Waals surface area contributed by atoms with Gasteiger partial charge in [0.2, 0.25) is 5.91 Å². The first-order valence-corrected chi connectivity index (χ1v) is 21.8. The van der Waals surface area contributed by atoms with E-state index in [1.54, 1.807) is 18.2 Å². The van der Waals surface area contributed by atoms with Gasteiger partial charge in [0.25, 0.3) is 11.5 Å². The summed E-state index contributed by atoms with van der Waals surface area (Å²) < 4.78 is 69.5. The number of nitrogens with zero attached hydrogens (tertiary/aromatic N) is 1. The van der Waals surface area contributed by atoms with Crippen molar-refractivity contribution in [3.05, 3.63) is 62.4 Å². The van der Waals surface area contributed by atoms with Gasteiger partial charge in [-0.15, -0.1) is 0 Å². The Kier molecular flexibility index (Phi) is 17.5. The quantitative estimate of drug-likeness (QED) is 0.0406. The number of rotatable bonds is 21. The van der Waals surface area contributed by atoms with Crippen LogP contribution in [-0.2, 0) is 45.8 Å². The number of aromatic nitrogens is 2. The maximum atomic E-state index is 12.8. The molecule has 6 atom stereocenters. The molecule has 2 aromatic rings. The molecule has 13 N–H and O–H groups in total. The van der Waals surface area contributed by atoms with Crippen LogP contribution in [0.3, 0.4) is 0 Å². The first-order chi connectivity index (χ1) is 27.2. The zero-order valence-electron chi connectivity index (χ0n) is 32.2. The van der Waals surface area contributed by atoms with E-state index in [4.69, 9.17) is 45.9 Å². The standard InChI is InChI=1S/C31H48N7O18P3/c1-30(2,34)17-31(3,4)37-28(41)19-7-5-9-21(11-19)50-15-24(33)51-16-25(39)35-10-6-8-20-13-38(29(42)36-27(20)40)26-12-22(52-18-32)23(54-26)14-53-58(46,47)56-59(48,49)55-57(43,44)45/h5,7,9,11,13,22-24,26H,10,12,14-18,32-34H2,1-4H3,(H,35,39)(H,37,41)(H,46,47)(H,48,49)(H,36,40,42)(H2,43,44,45)/t22-,23?,24?,26-/m1/s1. The molecule has 28 heteroatoms.